The van der Waals surface area contributed by atoms with Gasteiger partial charge < -0.3 is 10.5 Å². The van der Waals surface area contributed by atoms with Crippen molar-refractivity contribution < 1.29 is 9.53 Å². The molecule has 0 unspecified atom stereocenters. The summed E-state index contributed by atoms with van der Waals surface area (Å²) in [6, 6.07) is 8.14. The lowest BCUT2D eigenvalue weighted by atomic mass is 10.0. The van der Waals surface area contributed by atoms with Crippen molar-refractivity contribution in [2.45, 2.75) is 32.8 Å². The minimum absolute atomic E-state index is 0.329. The summed E-state index contributed by atoms with van der Waals surface area (Å²) in [4.78, 5) is 13.6. The average molecular weight is 287 g/mol. The Morgan fingerprint density at radius 1 is 1.30 bits per heavy atom. The van der Waals surface area contributed by atoms with Crippen LogP contribution in [0.15, 0.2) is 24.3 Å². The van der Waals surface area contributed by atoms with Crippen LogP contribution < -0.4 is 5.73 Å². The van der Waals surface area contributed by atoms with Gasteiger partial charge in [0.05, 0.1) is 0 Å². The average Bonchev–Trinajstić information content (AvgIpc) is 2.80. The van der Waals surface area contributed by atoms with Crippen molar-refractivity contribution in [1.29, 1.82) is 0 Å². The number of nitrogens with two attached hydrogens (primary N) is 1. The van der Waals surface area contributed by atoms with Gasteiger partial charge in [0.1, 0.15) is 16.2 Å². The molecular weight excluding hydrogens is 270 g/mol. The Hall–Kier alpha value is -1.81. The van der Waals surface area contributed by atoms with E-state index >= 15 is 0 Å². The Morgan fingerprint density at radius 2 is 2.00 bits per heavy atom. The molecule has 0 saturated carbocycles. The van der Waals surface area contributed by atoms with Gasteiger partial charge in [-0.05, 0) is 31.9 Å². The number of ether oxygens (including phenoxy) is 1. The fourth-order valence-electron chi connectivity index (χ4n) is 2.53. The van der Waals surface area contributed by atoms with Crippen LogP contribution in [0.2, 0.25) is 0 Å². The summed E-state index contributed by atoms with van der Waals surface area (Å²) in [5.74, 6) is -0.329. The van der Waals surface area contributed by atoms with Crippen molar-refractivity contribution in [2.75, 3.05) is 5.73 Å². The summed E-state index contributed by atoms with van der Waals surface area (Å²) in [6.45, 7) is 5.59. The molecule has 1 aliphatic carbocycles. The molecule has 1 aliphatic rings. The highest BCUT2D eigenvalue weighted by molar-refractivity contribution is 7.17. The van der Waals surface area contributed by atoms with Gasteiger partial charge in [0.25, 0.3) is 0 Å². The number of hydrogen-bond acceptors (Lipinski definition) is 4. The van der Waals surface area contributed by atoms with Gasteiger partial charge in [0.15, 0.2) is 0 Å². The molecule has 0 amide bonds. The summed E-state index contributed by atoms with van der Waals surface area (Å²) in [5, 5.41) is 0.554. The minimum Gasteiger partial charge on any atom is -0.456 e. The molecule has 0 saturated heterocycles. The first-order valence-corrected chi connectivity index (χ1v) is 7.41. The van der Waals surface area contributed by atoms with E-state index < -0.39 is 5.60 Å². The van der Waals surface area contributed by atoms with E-state index in [0.29, 0.717) is 10.6 Å². The van der Waals surface area contributed by atoms with Gasteiger partial charge in [0, 0.05) is 16.9 Å². The maximum absolute atomic E-state index is 12.4. The molecular formula is C16H17NO2S. The fourth-order valence-corrected chi connectivity index (χ4v) is 3.62. The predicted octanol–water partition coefficient (Wildman–Crippen LogP) is 3.86. The smallest absolute Gasteiger partial charge is 0.342 e. The first-order valence-electron chi connectivity index (χ1n) is 6.59. The summed E-state index contributed by atoms with van der Waals surface area (Å²) in [5.41, 5.74) is 9.39. The minimum atomic E-state index is -0.517. The number of thiophene rings is 1. The molecule has 0 spiro atoms. The van der Waals surface area contributed by atoms with E-state index in [2.05, 4.69) is 6.07 Å². The Morgan fingerprint density at radius 3 is 2.70 bits per heavy atom. The summed E-state index contributed by atoms with van der Waals surface area (Å²) in [6.07, 6.45) is 0.850. The molecule has 3 rings (SSSR count). The molecule has 0 atom stereocenters. The molecule has 0 bridgehead atoms. The van der Waals surface area contributed by atoms with Crippen LogP contribution in [0.1, 0.15) is 41.6 Å². The van der Waals surface area contributed by atoms with Crippen LogP contribution in [0, 0.1) is 0 Å². The van der Waals surface area contributed by atoms with Crippen molar-refractivity contribution in [1.82, 2.24) is 0 Å². The van der Waals surface area contributed by atoms with Gasteiger partial charge in [-0.2, -0.15) is 0 Å². The van der Waals surface area contributed by atoms with E-state index in [1.54, 1.807) is 0 Å². The normalized spacial score (nSPS) is 12.9. The van der Waals surface area contributed by atoms with Crippen LogP contribution in [0.3, 0.4) is 0 Å². The molecule has 1 heterocycles. The van der Waals surface area contributed by atoms with E-state index in [4.69, 9.17) is 10.5 Å². The molecule has 3 nitrogen and oxygen atoms in total. The lowest BCUT2D eigenvalue weighted by molar-refractivity contribution is 0.00722. The highest BCUT2D eigenvalue weighted by Gasteiger charge is 2.31. The van der Waals surface area contributed by atoms with E-state index in [-0.39, 0.29) is 5.97 Å². The Bertz CT molecular complexity index is 695. The quantitative estimate of drug-likeness (QED) is 0.691. The number of hydrogen-bond donors (Lipinski definition) is 1. The van der Waals surface area contributed by atoms with Gasteiger partial charge in [0.2, 0.25) is 0 Å². The first kappa shape index (κ1) is 13.2. The van der Waals surface area contributed by atoms with Crippen LogP contribution in [0.4, 0.5) is 5.00 Å². The van der Waals surface area contributed by atoms with E-state index in [0.717, 1.165) is 22.4 Å². The van der Waals surface area contributed by atoms with Gasteiger partial charge in [-0.1, -0.05) is 24.3 Å². The molecule has 0 radical (unpaired) electrons. The number of nitrogen functional groups attached to an aromatic ring is 1. The molecule has 0 fully saturated rings. The largest absolute Gasteiger partial charge is 0.456 e. The van der Waals surface area contributed by atoms with Crippen molar-refractivity contribution in [3.8, 4) is 11.1 Å². The highest BCUT2D eigenvalue weighted by Crippen LogP contribution is 2.46. The lowest BCUT2D eigenvalue weighted by Gasteiger charge is -2.20. The second-order valence-electron chi connectivity index (χ2n) is 5.98. The predicted molar refractivity (Wildman–Crippen MR) is 82.1 cm³/mol. The zero-order chi connectivity index (χ0) is 14.5. The van der Waals surface area contributed by atoms with Crippen LogP contribution in [-0.4, -0.2) is 11.6 Å². The highest BCUT2D eigenvalue weighted by atomic mass is 32.1. The van der Waals surface area contributed by atoms with Crippen molar-refractivity contribution in [3.05, 3.63) is 40.3 Å². The van der Waals surface area contributed by atoms with E-state index in [1.807, 2.05) is 39.0 Å². The molecule has 2 aromatic rings. The number of esters is 1. The van der Waals surface area contributed by atoms with Crippen molar-refractivity contribution >= 4 is 22.3 Å². The summed E-state index contributed by atoms with van der Waals surface area (Å²) in [7, 11) is 0. The zero-order valence-electron chi connectivity index (χ0n) is 11.8. The maximum Gasteiger partial charge on any atom is 0.342 e. The molecule has 1 aromatic heterocycles. The third-order valence-electron chi connectivity index (χ3n) is 3.25. The number of rotatable bonds is 1. The Kier molecular flexibility index (Phi) is 2.87. The molecule has 2 N–H and O–H groups in total. The van der Waals surface area contributed by atoms with Crippen LogP contribution in [0.25, 0.3) is 11.1 Å². The van der Waals surface area contributed by atoms with Crippen molar-refractivity contribution in [2.24, 2.45) is 0 Å². The number of carbonyl (C=O) groups is 1. The first-order chi connectivity index (χ1) is 9.37. The fraction of sp³-hybridized carbons (Fsp3) is 0.312. The second-order valence-corrected chi connectivity index (χ2v) is 7.11. The monoisotopic (exact) mass is 287 g/mol. The number of anilines is 1. The standard InChI is InChI=1S/C16H17NO2S/c1-16(2,3)19-15(18)13-12-10-7-5-4-6-9(10)8-11(12)20-14(13)17/h4-7H,8,17H2,1-3H3. The summed E-state index contributed by atoms with van der Waals surface area (Å²) >= 11 is 1.49. The third-order valence-corrected chi connectivity index (χ3v) is 4.27. The Balaban J connectivity index is 2.10. The third kappa shape index (κ3) is 2.10. The number of carbonyl (C=O) groups excluding carboxylic acids is 1. The second kappa shape index (κ2) is 4.35. The zero-order valence-corrected chi connectivity index (χ0v) is 12.6. The molecule has 4 heteroatoms. The van der Waals surface area contributed by atoms with Crippen molar-refractivity contribution in [3.63, 3.8) is 0 Å². The topological polar surface area (TPSA) is 52.3 Å². The van der Waals surface area contributed by atoms with Gasteiger partial charge in [-0.15, -0.1) is 11.3 Å². The Labute approximate surface area is 122 Å². The molecule has 1 aromatic carbocycles. The van der Waals surface area contributed by atoms with Gasteiger partial charge >= 0.3 is 5.97 Å². The SMILES string of the molecule is CC(C)(C)OC(=O)c1c(N)sc2c1-c1ccccc1C2. The van der Waals surface area contributed by atoms with Crippen LogP contribution in [-0.2, 0) is 11.2 Å². The lowest BCUT2D eigenvalue weighted by Crippen LogP contribution is -2.24. The summed E-state index contributed by atoms with van der Waals surface area (Å²) < 4.78 is 5.49. The molecule has 20 heavy (non-hydrogen) atoms. The van der Waals surface area contributed by atoms with Crippen LogP contribution >= 0.6 is 11.3 Å². The van der Waals surface area contributed by atoms with Gasteiger partial charge in [-0.25, -0.2) is 4.79 Å². The molecule has 104 valence electrons. The van der Waals surface area contributed by atoms with Crippen LogP contribution in [0.5, 0.6) is 0 Å². The number of benzene rings is 1. The van der Waals surface area contributed by atoms with E-state index in [1.165, 1.54) is 16.9 Å². The van der Waals surface area contributed by atoms with Gasteiger partial charge in [-0.3, -0.25) is 0 Å². The van der Waals surface area contributed by atoms with E-state index in [9.17, 15) is 4.79 Å². The molecule has 0 aliphatic heterocycles. The number of fused-ring (bicyclic) bond motifs is 3. The maximum atomic E-state index is 12.4.